The first-order valence-electron chi connectivity index (χ1n) is 4.18. The van der Waals surface area contributed by atoms with Gasteiger partial charge in [0.15, 0.2) is 0 Å². The molecule has 0 radical (unpaired) electrons. The van der Waals surface area contributed by atoms with Crippen LogP contribution in [-0.2, 0) is 15.6 Å². The summed E-state index contributed by atoms with van der Waals surface area (Å²) in [5, 5.41) is 2.35. The lowest BCUT2D eigenvalue weighted by Crippen LogP contribution is -2.24. The second kappa shape index (κ2) is 4.88. The lowest BCUT2D eigenvalue weighted by atomic mass is 10.3. The quantitative estimate of drug-likeness (QED) is 0.732. The van der Waals surface area contributed by atoms with E-state index < -0.39 is 16.6 Å². The normalized spacial score (nSPS) is 12.1. The van der Waals surface area contributed by atoms with Crippen molar-refractivity contribution < 1.29 is 13.4 Å². The van der Waals surface area contributed by atoms with Crippen molar-refractivity contribution in [1.29, 1.82) is 0 Å². The van der Waals surface area contributed by atoms with Gasteiger partial charge in [0, 0.05) is 7.05 Å². The number of hydrogen-bond donors (Lipinski definition) is 2. The molecule has 0 saturated heterocycles. The summed E-state index contributed by atoms with van der Waals surface area (Å²) in [4.78, 5) is 11.2. The minimum Gasteiger partial charge on any atom is -0.398 e. The molecule has 15 heavy (non-hydrogen) atoms. The van der Waals surface area contributed by atoms with Crippen LogP contribution in [0.2, 0.25) is 0 Å². The molecule has 0 saturated carbocycles. The van der Waals surface area contributed by atoms with Gasteiger partial charge >= 0.3 is 0 Å². The van der Waals surface area contributed by atoms with E-state index in [2.05, 4.69) is 5.32 Å². The van der Waals surface area contributed by atoms with E-state index in [9.17, 15) is 13.4 Å². The van der Waals surface area contributed by atoms with Crippen LogP contribution >= 0.6 is 0 Å². The molecule has 1 aromatic rings. The zero-order valence-electron chi connectivity index (χ0n) is 8.12. The van der Waals surface area contributed by atoms with Crippen LogP contribution in [0.5, 0.6) is 0 Å². The number of carbonyl (C=O) groups is 1. The molecule has 1 aromatic carbocycles. The third-order valence-corrected chi connectivity index (χ3v) is 3.14. The summed E-state index contributed by atoms with van der Waals surface area (Å²) in [6.45, 7) is 0. The van der Waals surface area contributed by atoms with Gasteiger partial charge in [0.1, 0.15) is 11.6 Å². The van der Waals surface area contributed by atoms with Gasteiger partial charge in [0.05, 0.1) is 21.4 Å². The Bertz CT molecular complexity index is 409. The molecule has 1 unspecified atom stereocenters. The van der Waals surface area contributed by atoms with Crippen molar-refractivity contribution in [3.8, 4) is 0 Å². The molecule has 3 N–H and O–H groups in total. The Morgan fingerprint density at radius 3 is 2.80 bits per heavy atom. The molecule has 1 atom stereocenters. The summed E-state index contributed by atoms with van der Waals surface area (Å²) in [5.74, 6) is -1.02. The van der Waals surface area contributed by atoms with Crippen molar-refractivity contribution in [2.45, 2.75) is 4.90 Å². The third kappa shape index (κ3) is 3.02. The van der Waals surface area contributed by atoms with Crippen LogP contribution < -0.4 is 11.1 Å². The Labute approximate surface area is 89.1 Å². The average Bonchev–Trinajstić information content (AvgIpc) is 2.17. The fourth-order valence-electron chi connectivity index (χ4n) is 0.996. The summed E-state index contributed by atoms with van der Waals surface area (Å²) in [5.41, 5.74) is 5.57. The second-order valence-electron chi connectivity index (χ2n) is 2.85. The SMILES string of the molecule is CNC(=O)CS(=O)c1ccc(F)cc1N. The number of nitrogens with two attached hydrogens (primary N) is 1. The molecule has 6 heteroatoms. The Kier molecular flexibility index (Phi) is 3.79. The fourth-order valence-corrected chi connectivity index (χ4v) is 2.08. The Balaban J connectivity index is 2.87. The molecule has 0 aliphatic heterocycles. The van der Waals surface area contributed by atoms with Crippen molar-refractivity contribution >= 4 is 22.4 Å². The number of nitrogen functional groups attached to an aromatic ring is 1. The van der Waals surface area contributed by atoms with E-state index in [4.69, 9.17) is 5.73 Å². The van der Waals surface area contributed by atoms with Gasteiger partial charge in [0.2, 0.25) is 5.91 Å². The van der Waals surface area contributed by atoms with Crippen LogP contribution in [0.3, 0.4) is 0 Å². The highest BCUT2D eigenvalue weighted by Gasteiger charge is 2.12. The standard InChI is InChI=1S/C9H11FN2O2S/c1-12-9(13)5-15(14)8-3-2-6(10)4-7(8)11/h2-4H,5,11H2,1H3,(H,12,13). The highest BCUT2D eigenvalue weighted by Crippen LogP contribution is 2.17. The summed E-state index contributed by atoms with van der Waals surface area (Å²) in [6, 6.07) is 3.56. The second-order valence-corrected chi connectivity index (χ2v) is 4.26. The van der Waals surface area contributed by atoms with Crippen molar-refractivity contribution in [3.63, 3.8) is 0 Å². The van der Waals surface area contributed by atoms with Gasteiger partial charge in [-0.25, -0.2) is 4.39 Å². The van der Waals surface area contributed by atoms with Gasteiger partial charge in [-0.05, 0) is 18.2 Å². The number of nitrogens with one attached hydrogen (secondary N) is 1. The Morgan fingerprint density at radius 1 is 1.60 bits per heavy atom. The van der Waals surface area contributed by atoms with Gasteiger partial charge in [-0.2, -0.15) is 0 Å². The number of halogens is 1. The lowest BCUT2D eigenvalue weighted by Gasteiger charge is -2.04. The first kappa shape index (κ1) is 11.6. The van der Waals surface area contributed by atoms with Crippen LogP contribution in [-0.4, -0.2) is 22.9 Å². The maximum Gasteiger partial charge on any atom is 0.232 e. The monoisotopic (exact) mass is 230 g/mol. The lowest BCUT2D eigenvalue weighted by molar-refractivity contribution is -0.118. The molecule has 0 aromatic heterocycles. The molecular weight excluding hydrogens is 219 g/mol. The number of amides is 1. The van der Waals surface area contributed by atoms with Crippen LogP contribution in [0.1, 0.15) is 0 Å². The minimum absolute atomic E-state index is 0.0947. The summed E-state index contributed by atoms with van der Waals surface area (Å²) >= 11 is 0. The third-order valence-electron chi connectivity index (χ3n) is 1.76. The highest BCUT2D eigenvalue weighted by atomic mass is 32.2. The van der Waals surface area contributed by atoms with E-state index in [0.717, 1.165) is 12.1 Å². The Hall–Kier alpha value is -1.43. The predicted octanol–water partition coefficient (Wildman–Crippen LogP) is 0.261. The topological polar surface area (TPSA) is 72.2 Å². The molecular formula is C9H11FN2O2S. The number of carbonyl (C=O) groups excluding carboxylic acids is 1. The van der Waals surface area contributed by atoms with Crippen molar-refractivity contribution in [2.24, 2.45) is 0 Å². The van der Waals surface area contributed by atoms with Crippen LogP contribution in [0.4, 0.5) is 10.1 Å². The molecule has 0 fully saturated rings. The molecule has 1 amide bonds. The van der Waals surface area contributed by atoms with Crippen molar-refractivity contribution in [2.75, 3.05) is 18.5 Å². The fraction of sp³-hybridized carbons (Fsp3) is 0.222. The van der Waals surface area contributed by atoms with E-state index in [-0.39, 0.29) is 22.2 Å². The molecule has 0 bridgehead atoms. The van der Waals surface area contributed by atoms with E-state index in [0.29, 0.717) is 0 Å². The van der Waals surface area contributed by atoms with E-state index in [1.165, 1.54) is 13.1 Å². The first-order valence-corrected chi connectivity index (χ1v) is 5.50. The minimum atomic E-state index is -1.54. The smallest absolute Gasteiger partial charge is 0.232 e. The summed E-state index contributed by atoms with van der Waals surface area (Å²) in [6.07, 6.45) is 0. The van der Waals surface area contributed by atoms with Gasteiger partial charge in [-0.1, -0.05) is 0 Å². The maximum atomic E-state index is 12.7. The van der Waals surface area contributed by atoms with Crippen LogP contribution in [0, 0.1) is 5.82 Å². The van der Waals surface area contributed by atoms with Crippen LogP contribution in [0.25, 0.3) is 0 Å². The average molecular weight is 230 g/mol. The Morgan fingerprint density at radius 2 is 2.27 bits per heavy atom. The molecule has 0 aliphatic carbocycles. The summed E-state index contributed by atoms with van der Waals surface area (Å²) in [7, 11) is -0.0850. The summed E-state index contributed by atoms with van der Waals surface area (Å²) < 4.78 is 24.3. The number of rotatable bonds is 3. The van der Waals surface area contributed by atoms with Gasteiger partial charge in [-0.15, -0.1) is 0 Å². The number of hydrogen-bond acceptors (Lipinski definition) is 3. The van der Waals surface area contributed by atoms with Crippen LogP contribution in [0.15, 0.2) is 23.1 Å². The molecule has 0 spiro atoms. The zero-order valence-corrected chi connectivity index (χ0v) is 8.94. The predicted molar refractivity (Wildman–Crippen MR) is 56.2 cm³/mol. The van der Waals surface area contributed by atoms with Crippen molar-refractivity contribution in [1.82, 2.24) is 5.32 Å². The van der Waals surface area contributed by atoms with E-state index >= 15 is 0 Å². The number of anilines is 1. The van der Waals surface area contributed by atoms with Gasteiger partial charge < -0.3 is 11.1 Å². The molecule has 0 heterocycles. The van der Waals surface area contributed by atoms with Gasteiger partial charge in [-0.3, -0.25) is 9.00 Å². The van der Waals surface area contributed by atoms with Gasteiger partial charge in [0.25, 0.3) is 0 Å². The first-order chi connectivity index (χ1) is 7.04. The zero-order chi connectivity index (χ0) is 11.4. The van der Waals surface area contributed by atoms with E-state index in [1.54, 1.807) is 0 Å². The van der Waals surface area contributed by atoms with Crippen molar-refractivity contribution in [3.05, 3.63) is 24.0 Å². The van der Waals surface area contributed by atoms with E-state index in [1.807, 2.05) is 0 Å². The maximum absolute atomic E-state index is 12.7. The largest absolute Gasteiger partial charge is 0.398 e. The highest BCUT2D eigenvalue weighted by molar-refractivity contribution is 7.86. The molecule has 4 nitrogen and oxygen atoms in total. The molecule has 1 rings (SSSR count). The molecule has 0 aliphatic rings. The number of benzene rings is 1. The molecule has 82 valence electrons.